The molecule has 0 aromatic rings. The predicted molar refractivity (Wildman–Crippen MR) is 131 cm³/mol. The van der Waals surface area contributed by atoms with Gasteiger partial charge in [-0.2, -0.15) is 0 Å². The maximum Gasteiger partial charge on any atom is 0.306 e. The van der Waals surface area contributed by atoms with Crippen LogP contribution < -0.4 is 0 Å². The van der Waals surface area contributed by atoms with Crippen LogP contribution in [0.4, 0.5) is 0 Å². The van der Waals surface area contributed by atoms with Crippen LogP contribution in [0, 0.1) is 17.8 Å². The number of ether oxygens (including phenoxy) is 2. The highest BCUT2D eigenvalue weighted by molar-refractivity contribution is 5.97. The number of esters is 1. The lowest BCUT2D eigenvalue weighted by Gasteiger charge is -2.21. The summed E-state index contributed by atoms with van der Waals surface area (Å²) in [5.74, 6) is 6.42. The van der Waals surface area contributed by atoms with Crippen molar-refractivity contribution in [1.29, 1.82) is 0 Å². The molecule has 0 aromatic carbocycles. The molecular weight excluding hydrogens is 400 g/mol. The second-order valence-electron chi connectivity index (χ2n) is 9.21. The number of unbranched alkanes of at least 4 members (excludes halogenated alkanes) is 9. The van der Waals surface area contributed by atoms with Gasteiger partial charge in [-0.3, -0.25) is 9.59 Å². The first kappa shape index (κ1) is 28.4. The van der Waals surface area contributed by atoms with E-state index >= 15 is 0 Å². The van der Waals surface area contributed by atoms with E-state index in [1.165, 1.54) is 44.9 Å². The van der Waals surface area contributed by atoms with Gasteiger partial charge in [0.05, 0.1) is 12.0 Å². The van der Waals surface area contributed by atoms with E-state index in [0.717, 1.165) is 44.1 Å². The average molecular weight is 447 g/mol. The van der Waals surface area contributed by atoms with Gasteiger partial charge in [0.1, 0.15) is 6.10 Å². The molecule has 2 atom stereocenters. The first-order valence-corrected chi connectivity index (χ1v) is 13.0. The van der Waals surface area contributed by atoms with Crippen molar-refractivity contribution in [2.75, 3.05) is 6.61 Å². The molecular formula is C28H46O4. The van der Waals surface area contributed by atoms with Crippen molar-refractivity contribution < 1.29 is 19.1 Å². The normalized spacial score (nSPS) is 17.9. The first-order chi connectivity index (χ1) is 15.5. The van der Waals surface area contributed by atoms with Crippen LogP contribution in [-0.4, -0.2) is 30.6 Å². The minimum Gasteiger partial charge on any atom is -0.463 e. The van der Waals surface area contributed by atoms with E-state index in [4.69, 9.17) is 9.47 Å². The maximum absolute atomic E-state index is 12.7. The van der Waals surface area contributed by atoms with Crippen molar-refractivity contribution in [2.24, 2.45) is 5.92 Å². The third kappa shape index (κ3) is 12.4. The summed E-state index contributed by atoms with van der Waals surface area (Å²) in [5.41, 5.74) is 0.850. The summed E-state index contributed by atoms with van der Waals surface area (Å²) in [6.45, 7) is 8.68. The summed E-state index contributed by atoms with van der Waals surface area (Å²) >= 11 is 0. The zero-order valence-corrected chi connectivity index (χ0v) is 21.0. The van der Waals surface area contributed by atoms with Crippen LogP contribution in [0.5, 0.6) is 0 Å². The van der Waals surface area contributed by atoms with Crippen molar-refractivity contribution in [2.45, 2.75) is 130 Å². The number of allylic oxidation sites excluding steroid dienone is 1. The number of hydrogen-bond acceptors (Lipinski definition) is 4. The van der Waals surface area contributed by atoms with Crippen LogP contribution in [0.15, 0.2) is 11.6 Å². The van der Waals surface area contributed by atoms with Crippen molar-refractivity contribution in [3.63, 3.8) is 0 Å². The maximum atomic E-state index is 12.7. The van der Waals surface area contributed by atoms with Gasteiger partial charge in [0.15, 0.2) is 5.78 Å². The molecule has 4 heteroatoms. The SMILES string of the molecule is CCCCCCC#CC1=CC(=O)[C@H](CCCCCCC)[C@@H]1OCCCCC(=O)OC(C)C. The second-order valence-corrected chi connectivity index (χ2v) is 9.21. The van der Waals surface area contributed by atoms with Gasteiger partial charge >= 0.3 is 5.97 Å². The Balaban J connectivity index is 2.56. The van der Waals surface area contributed by atoms with E-state index in [1.54, 1.807) is 6.08 Å². The molecule has 0 bridgehead atoms. The highest BCUT2D eigenvalue weighted by atomic mass is 16.5. The van der Waals surface area contributed by atoms with Gasteiger partial charge in [-0.05, 0) is 45.6 Å². The monoisotopic (exact) mass is 446 g/mol. The zero-order chi connectivity index (χ0) is 23.6. The molecule has 0 saturated heterocycles. The van der Waals surface area contributed by atoms with E-state index in [1.807, 2.05) is 13.8 Å². The number of carbonyl (C=O) groups excluding carboxylic acids is 2. The fraction of sp³-hybridized carbons (Fsp3) is 0.786. The van der Waals surface area contributed by atoms with Gasteiger partial charge in [0, 0.05) is 25.0 Å². The van der Waals surface area contributed by atoms with Crippen molar-refractivity contribution >= 4 is 11.8 Å². The van der Waals surface area contributed by atoms with Gasteiger partial charge in [0.2, 0.25) is 0 Å². The Labute approximate surface area is 196 Å². The smallest absolute Gasteiger partial charge is 0.306 e. The molecule has 4 nitrogen and oxygen atoms in total. The standard InChI is InChI=1S/C28H46O4/c1-5-7-9-11-13-14-18-24-22-26(29)25(19-15-12-10-8-6-2)28(24)31-21-17-16-20-27(30)32-23(3)4/h22-23,25,28H,5-13,15-17,19-21H2,1-4H3/t25-,28+/m0/s1. The Hall–Kier alpha value is -1.60. The summed E-state index contributed by atoms with van der Waals surface area (Å²) in [6, 6.07) is 0. The number of rotatable bonds is 17. The molecule has 0 aromatic heterocycles. The molecule has 182 valence electrons. The fourth-order valence-corrected chi connectivity index (χ4v) is 3.99. The van der Waals surface area contributed by atoms with Crippen LogP contribution in [0.25, 0.3) is 0 Å². The first-order valence-electron chi connectivity index (χ1n) is 13.0. The Morgan fingerprint density at radius 3 is 2.34 bits per heavy atom. The lowest BCUT2D eigenvalue weighted by Crippen LogP contribution is -2.26. The Morgan fingerprint density at radius 1 is 0.969 bits per heavy atom. The molecule has 0 amide bonds. The Kier molecular flexibility index (Phi) is 15.9. The quantitative estimate of drug-likeness (QED) is 0.138. The summed E-state index contributed by atoms with van der Waals surface area (Å²) < 4.78 is 11.4. The fourth-order valence-electron chi connectivity index (χ4n) is 3.99. The summed E-state index contributed by atoms with van der Waals surface area (Å²) in [7, 11) is 0. The molecule has 0 spiro atoms. The topological polar surface area (TPSA) is 52.6 Å². The van der Waals surface area contributed by atoms with Crippen LogP contribution >= 0.6 is 0 Å². The second kappa shape index (κ2) is 17.9. The van der Waals surface area contributed by atoms with Crippen LogP contribution in [0.3, 0.4) is 0 Å². The van der Waals surface area contributed by atoms with Gasteiger partial charge in [-0.15, -0.1) is 0 Å². The van der Waals surface area contributed by atoms with Crippen LogP contribution in [0.1, 0.15) is 118 Å². The average Bonchev–Trinajstić information content (AvgIpc) is 3.04. The minimum atomic E-state index is -0.223. The van der Waals surface area contributed by atoms with E-state index < -0.39 is 0 Å². The molecule has 1 aliphatic rings. The van der Waals surface area contributed by atoms with E-state index in [-0.39, 0.29) is 29.9 Å². The van der Waals surface area contributed by atoms with E-state index in [9.17, 15) is 9.59 Å². The van der Waals surface area contributed by atoms with Crippen LogP contribution in [-0.2, 0) is 19.1 Å². The summed E-state index contributed by atoms with van der Waals surface area (Å²) in [5, 5.41) is 0. The van der Waals surface area contributed by atoms with Gasteiger partial charge in [-0.25, -0.2) is 0 Å². The molecule has 1 aliphatic carbocycles. The van der Waals surface area contributed by atoms with Crippen molar-refractivity contribution in [1.82, 2.24) is 0 Å². The molecule has 0 unspecified atom stereocenters. The largest absolute Gasteiger partial charge is 0.463 e. The highest BCUT2D eigenvalue weighted by Gasteiger charge is 2.35. The molecule has 32 heavy (non-hydrogen) atoms. The van der Waals surface area contributed by atoms with E-state index in [2.05, 4.69) is 25.7 Å². The lowest BCUT2D eigenvalue weighted by atomic mass is 9.93. The molecule has 1 rings (SSSR count). The van der Waals surface area contributed by atoms with Gasteiger partial charge in [-0.1, -0.05) is 77.1 Å². The third-order valence-corrected chi connectivity index (χ3v) is 5.78. The van der Waals surface area contributed by atoms with Gasteiger partial charge < -0.3 is 9.47 Å². The number of ketones is 1. The van der Waals surface area contributed by atoms with Crippen molar-refractivity contribution in [3.05, 3.63) is 11.6 Å². The van der Waals surface area contributed by atoms with Gasteiger partial charge in [0.25, 0.3) is 0 Å². The van der Waals surface area contributed by atoms with E-state index in [0.29, 0.717) is 13.0 Å². The zero-order valence-electron chi connectivity index (χ0n) is 21.0. The molecule has 0 N–H and O–H groups in total. The Morgan fingerprint density at radius 2 is 1.66 bits per heavy atom. The highest BCUT2D eigenvalue weighted by Crippen LogP contribution is 2.30. The summed E-state index contributed by atoms with van der Waals surface area (Å²) in [6.07, 6.45) is 15.8. The molecule has 0 saturated carbocycles. The lowest BCUT2D eigenvalue weighted by molar-refractivity contribution is -0.147. The third-order valence-electron chi connectivity index (χ3n) is 5.78. The molecule has 0 heterocycles. The molecule has 0 radical (unpaired) electrons. The minimum absolute atomic E-state index is 0.0745. The Bertz CT molecular complexity index is 623. The number of hydrogen-bond donors (Lipinski definition) is 0. The predicted octanol–water partition coefficient (Wildman–Crippen LogP) is 6.95. The molecule has 0 fully saturated rings. The number of carbonyl (C=O) groups is 2. The summed E-state index contributed by atoms with van der Waals surface area (Å²) in [4.78, 5) is 24.4. The molecule has 0 aliphatic heterocycles. The van der Waals surface area contributed by atoms with Crippen molar-refractivity contribution in [3.8, 4) is 11.8 Å². The van der Waals surface area contributed by atoms with Crippen LogP contribution in [0.2, 0.25) is 0 Å².